The average Bonchev–Trinajstić information content (AvgIpc) is 2.12. The lowest BCUT2D eigenvalue weighted by atomic mass is 10.2. The highest BCUT2D eigenvalue weighted by molar-refractivity contribution is 5.88. The minimum atomic E-state index is -1.30. The summed E-state index contributed by atoms with van der Waals surface area (Å²) in [5.74, 6) is -0.365. The molecule has 82 valence electrons. The van der Waals surface area contributed by atoms with Gasteiger partial charge in [0, 0.05) is 12.8 Å². The van der Waals surface area contributed by atoms with Gasteiger partial charge in [-0.3, -0.25) is 9.59 Å². The summed E-state index contributed by atoms with van der Waals surface area (Å²) in [6.45, 7) is 0. The Hall–Kier alpha value is -2.03. The molecule has 0 bridgehead atoms. The topological polar surface area (TPSA) is 109 Å². The molecule has 0 unspecified atom stereocenters. The maximum absolute atomic E-state index is 11.1. The van der Waals surface area contributed by atoms with Crippen LogP contribution in [0.1, 0.15) is 19.3 Å². The first-order valence-electron chi connectivity index (χ1n) is 4.21. The van der Waals surface area contributed by atoms with E-state index in [0.29, 0.717) is 0 Å². The molecule has 0 saturated carbocycles. The summed E-state index contributed by atoms with van der Waals surface area (Å²) >= 11 is 0. The highest BCUT2D eigenvalue weighted by Crippen LogP contribution is 1.94. The van der Waals surface area contributed by atoms with Gasteiger partial charge in [0.05, 0.1) is 6.42 Å². The van der Waals surface area contributed by atoms with Crippen LogP contribution in [0.15, 0.2) is 0 Å². The molecule has 4 N–H and O–H groups in total. The van der Waals surface area contributed by atoms with Crippen molar-refractivity contribution in [1.82, 2.24) is 5.32 Å². The van der Waals surface area contributed by atoms with E-state index in [1.807, 2.05) is 0 Å². The van der Waals surface area contributed by atoms with Crippen LogP contribution in [-0.4, -0.2) is 28.9 Å². The Kier molecular flexibility index (Phi) is 5.56. The van der Waals surface area contributed by atoms with Crippen LogP contribution in [0.3, 0.4) is 0 Å². The summed E-state index contributed by atoms with van der Waals surface area (Å²) < 4.78 is 0. The summed E-state index contributed by atoms with van der Waals surface area (Å²) in [4.78, 5) is 32.1. The minimum Gasteiger partial charge on any atom is -0.480 e. The molecule has 6 heteroatoms. The van der Waals surface area contributed by atoms with E-state index in [1.54, 1.807) is 0 Å². The van der Waals surface area contributed by atoms with Gasteiger partial charge in [-0.15, -0.1) is 12.3 Å². The quantitative estimate of drug-likeness (QED) is 0.482. The zero-order chi connectivity index (χ0) is 11.8. The first-order valence-corrected chi connectivity index (χ1v) is 4.21. The van der Waals surface area contributed by atoms with Crippen LogP contribution in [0.2, 0.25) is 0 Å². The van der Waals surface area contributed by atoms with E-state index < -0.39 is 30.2 Å². The maximum Gasteiger partial charge on any atom is 0.326 e. The molecule has 0 spiro atoms. The highest BCUT2D eigenvalue weighted by Gasteiger charge is 2.21. The fourth-order valence-corrected chi connectivity index (χ4v) is 0.853. The predicted octanol–water partition coefficient (Wildman–Crippen LogP) is -1.16. The van der Waals surface area contributed by atoms with Gasteiger partial charge in [0.25, 0.3) is 0 Å². The Morgan fingerprint density at radius 1 is 1.47 bits per heavy atom. The standard InChI is InChI=1S/C9H12N2O4/c1-2-3-4-8(13)11-6(9(14)15)5-7(10)12/h1,6H,3-5H2,(H2,10,12)(H,11,13)(H,14,15)/t6-/m1/s1. The third-order valence-corrected chi connectivity index (χ3v) is 1.54. The van der Waals surface area contributed by atoms with Crippen LogP contribution in [0.4, 0.5) is 0 Å². The molecule has 0 aliphatic carbocycles. The number of carboxylic acids is 1. The molecule has 0 aromatic rings. The third kappa shape index (κ3) is 6.10. The third-order valence-electron chi connectivity index (χ3n) is 1.54. The number of carboxylic acid groups (broad SMARTS) is 1. The number of hydrogen-bond donors (Lipinski definition) is 3. The molecule has 0 fully saturated rings. The predicted molar refractivity (Wildman–Crippen MR) is 51.4 cm³/mol. The molecular weight excluding hydrogens is 200 g/mol. The van der Waals surface area contributed by atoms with Gasteiger partial charge in [-0.25, -0.2) is 4.79 Å². The molecule has 0 rings (SSSR count). The zero-order valence-corrected chi connectivity index (χ0v) is 8.03. The molecule has 0 radical (unpaired) electrons. The Balaban J connectivity index is 4.17. The van der Waals surface area contributed by atoms with Crippen molar-refractivity contribution in [3.05, 3.63) is 0 Å². The number of amides is 2. The van der Waals surface area contributed by atoms with Crippen LogP contribution in [-0.2, 0) is 14.4 Å². The lowest BCUT2D eigenvalue weighted by Gasteiger charge is -2.11. The van der Waals surface area contributed by atoms with Crippen LogP contribution < -0.4 is 11.1 Å². The first kappa shape index (κ1) is 13.0. The zero-order valence-electron chi connectivity index (χ0n) is 8.03. The number of terminal acetylenes is 1. The van der Waals surface area contributed by atoms with Crippen molar-refractivity contribution in [2.45, 2.75) is 25.3 Å². The van der Waals surface area contributed by atoms with Gasteiger partial charge in [-0.05, 0) is 0 Å². The van der Waals surface area contributed by atoms with E-state index in [4.69, 9.17) is 17.3 Å². The summed E-state index contributed by atoms with van der Waals surface area (Å²) in [6, 6.07) is -1.28. The Morgan fingerprint density at radius 2 is 2.07 bits per heavy atom. The normalized spacial score (nSPS) is 11.1. The van der Waals surface area contributed by atoms with Crippen LogP contribution >= 0.6 is 0 Å². The molecule has 2 amide bonds. The van der Waals surface area contributed by atoms with E-state index in [1.165, 1.54) is 0 Å². The number of aliphatic carboxylic acids is 1. The van der Waals surface area contributed by atoms with E-state index >= 15 is 0 Å². The van der Waals surface area contributed by atoms with Crippen LogP contribution in [0.5, 0.6) is 0 Å². The van der Waals surface area contributed by atoms with Gasteiger partial charge in [0.15, 0.2) is 0 Å². The van der Waals surface area contributed by atoms with E-state index in [2.05, 4.69) is 11.2 Å². The summed E-state index contributed by atoms with van der Waals surface area (Å²) in [5, 5.41) is 10.8. The van der Waals surface area contributed by atoms with E-state index in [0.717, 1.165) is 0 Å². The maximum atomic E-state index is 11.1. The molecule has 0 aromatic heterocycles. The first-order chi connectivity index (χ1) is 6.97. The van der Waals surface area contributed by atoms with Crippen LogP contribution in [0.25, 0.3) is 0 Å². The fraction of sp³-hybridized carbons (Fsp3) is 0.444. The van der Waals surface area contributed by atoms with Crippen molar-refractivity contribution in [1.29, 1.82) is 0 Å². The van der Waals surface area contributed by atoms with Crippen molar-refractivity contribution < 1.29 is 19.5 Å². The molecule has 15 heavy (non-hydrogen) atoms. The number of carbonyl (C=O) groups excluding carboxylic acids is 2. The SMILES string of the molecule is C#CCCC(=O)N[C@H](CC(N)=O)C(=O)O. The highest BCUT2D eigenvalue weighted by atomic mass is 16.4. The largest absolute Gasteiger partial charge is 0.480 e. The Labute approximate surface area is 86.8 Å². The minimum absolute atomic E-state index is 0.0268. The molecule has 1 atom stereocenters. The van der Waals surface area contributed by atoms with E-state index in [-0.39, 0.29) is 12.8 Å². The Morgan fingerprint density at radius 3 is 2.47 bits per heavy atom. The molecule has 6 nitrogen and oxygen atoms in total. The number of carbonyl (C=O) groups is 3. The van der Waals surface area contributed by atoms with E-state index in [9.17, 15) is 14.4 Å². The van der Waals surface area contributed by atoms with Gasteiger partial charge in [0.1, 0.15) is 6.04 Å². The van der Waals surface area contributed by atoms with Crippen molar-refractivity contribution >= 4 is 17.8 Å². The van der Waals surface area contributed by atoms with Crippen molar-refractivity contribution in [2.75, 3.05) is 0 Å². The number of rotatable bonds is 6. The lowest BCUT2D eigenvalue weighted by Crippen LogP contribution is -2.43. The van der Waals surface area contributed by atoms with Crippen molar-refractivity contribution in [2.24, 2.45) is 5.73 Å². The number of primary amides is 1. The second kappa shape index (κ2) is 6.43. The molecule has 0 aromatic carbocycles. The summed E-state index contributed by atoms with van der Waals surface area (Å²) in [5.41, 5.74) is 4.82. The summed E-state index contributed by atoms with van der Waals surface area (Å²) in [7, 11) is 0. The number of hydrogen-bond acceptors (Lipinski definition) is 3. The molecule has 0 saturated heterocycles. The Bertz CT molecular complexity index is 306. The smallest absolute Gasteiger partial charge is 0.326 e. The van der Waals surface area contributed by atoms with Gasteiger partial charge < -0.3 is 16.2 Å². The number of nitrogens with one attached hydrogen (secondary N) is 1. The summed E-state index contributed by atoms with van der Waals surface area (Å²) in [6.07, 6.45) is 4.74. The lowest BCUT2D eigenvalue weighted by molar-refractivity contribution is -0.143. The molecular formula is C9H12N2O4. The average molecular weight is 212 g/mol. The molecule has 0 aliphatic heterocycles. The van der Waals surface area contributed by atoms with Crippen molar-refractivity contribution in [3.63, 3.8) is 0 Å². The van der Waals surface area contributed by atoms with Gasteiger partial charge in [0.2, 0.25) is 11.8 Å². The van der Waals surface area contributed by atoms with Gasteiger partial charge in [-0.2, -0.15) is 0 Å². The van der Waals surface area contributed by atoms with Gasteiger partial charge in [-0.1, -0.05) is 0 Å². The van der Waals surface area contributed by atoms with Gasteiger partial charge >= 0.3 is 5.97 Å². The van der Waals surface area contributed by atoms with Crippen LogP contribution in [0, 0.1) is 12.3 Å². The van der Waals surface area contributed by atoms with Crippen molar-refractivity contribution in [3.8, 4) is 12.3 Å². The monoisotopic (exact) mass is 212 g/mol. The molecule has 0 heterocycles. The second-order valence-corrected chi connectivity index (χ2v) is 2.83. The second-order valence-electron chi connectivity index (χ2n) is 2.83. The molecule has 0 aliphatic rings. The fourth-order valence-electron chi connectivity index (χ4n) is 0.853. The number of nitrogens with two attached hydrogens (primary N) is 1.